The van der Waals surface area contributed by atoms with Crippen LogP contribution in [0.15, 0.2) is 84.6 Å². The molecular formula is C25H21ClN2O3. The predicted octanol–water partition coefficient (Wildman–Crippen LogP) is 4.77. The number of likely N-dealkylation sites (N-methyl/N-ethyl adjacent to an activating group) is 1. The van der Waals surface area contributed by atoms with Gasteiger partial charge in [0.25, 0.3) is 11.8 Å². The minimum absolute atomic E-state index is 0.172. The van der Waals surface area contributed by atoms with Crippen molar-refractivity contribution in [3.63, 3.8) is 0 Å². The van der Waals surface area contributed by atoms with Gasteiger partial charge in [-0.1, -0.05) is 54.1 Å². The molecule has 156 valence electrons. The molecule has 3 aromatic carbocycles. The van der Waals surface area contributed by atoms with E-state index >= 15 is 0 Å². The second kappa shape index (κ2) is 8.66. The molecule has 6 heteroatoms. The summed E-state index contributed by atoms with van der Waals surface area (Å²) in [7, 11) is 3.39. The Kier molecular flexibility index (Phi) is 5.78. The van der Waals surface area contributed by atoms with Gasteiger partial charge in [-0.15, -0.1) is 0 Å². The molecular weight excluding hydrogens is 412 g/mol. The van der Waals surface area contributed by atoms with Crippen LogP contribution in [0.4, 0.5) is 5.69 Å². The fourth-order valence-corrected chi connectivity index (χ4v) is 3.71. The Hall–Kier alpha value is -3.57. The molecule has 0 bridgehead atoms. The van der Waals surface area contributed by atoms with Gasteiger partial charge in [0.2, 0.25) is 0 Å². The van der Waals surface area contributed by atoms with E-state index in [1.807, 2.05) is 54.6 Å². The first-order chi connectivity index (χ1) is 15.0. The Morgan fingerprint density at radius 1 is 0.871 bits per heavy atom. The number of carbonyl (C=O) groups excluding carboxylic acids is 2. The summed E-state index contributed by atoms with van der Waals surface area (Å²) in [4.78, 5) is 29.9. The molecule has 1 aliphatic heterocycles. The lowest BCUT2D eigenvalue weighted by atomic mass is 10.0. The summed E-state index contributed by atoms with van der Waals surface area (Å²) >= 11 is 6.04. The summed E-state index contributed by atoms with van der Waals surface area (Å²) in [6.07, 6.45) is 0. The number of methoxy groups -OCH3 is 1. The van der Waals surface area contributed by atoms with Gasteiger partial charge in [-0.3, -0.25) is 14.5 Å². The summed E-state index contributed by atoms with van der Waals surface area (Å²) in [5, 5.41) is 0.564. The van der Waals surface area contributed by atoms with E-state index < -0.39 is 0 Å². The van der Waals surface area contributed by atoms with Gasteiger partial charge in [-0.25, -0.2) is 0 Å². The van der Waals surface area contributed by atoms with Gasteiger partial charge in [0.15, 0.2) is 0 Å². The molecule has 4 rings (SSSR count). The molecule has 2 amide bonds. The highest BCUT2D eigenvalue weighted by Crippen LogP contribution is 2.34. The highest BCUT2D eigenvalue weighted by molar-refractivity contribution is 6.37. The van der Waals surface area contributed by atoms with E-state index in [4.69, 9.17) is 16.3 Å². The van der Waals surface area contributed by atoms with Crippen LogP contribution in [0.3, 0.4) is 0 Å². The van der Waals surface area contributed by atoms with Crippen molar-refractivity contribution in [2.45, 2.75) is 6.54 Å². The highest BCUT2D eigenvalue weighted by Gasteiger charge is 2.41. The molecule has 1 aliphatic rings. The van der Waals surface area contributed by atoms with Gasteiger partial charge in [0.05, 0.1) is 19.2 Å². The van der Waals surface area contributed by atoms with Crippen molar-refractivity contribution in [3.05, 3.63) is 101 Å². The maximum atomic E-state index is 13.5. The van der Waals surface area contributed by atoms with Crippen molar-refractivity contribution in [3.8, 4) is 5.75 Å². The zero-order chi connectivity index (χ0) is 22.0. The lowest BCUT2D eigenvalue weighted by molar-refractivity contribution is -0.137. The first-order valence-electron chi connectivity index (χ1n) is 9.77. The standard InChI is InChI=1S/C25H21ClN2O3/c1-27(20-6-4-3-5-7-20)23-22(18-10-12-19(26)13-11-18)24(29)28(25(23)30)16-17-8-14-21(31-2)15-9-17/h3-15H,16H2,1-2H3. The predicted molar refractivity (Wildman–Crippen MR) is 122 cm³/mol. The largest absolute Gasteiger partial charge is 0.497 e. The van der Waals surface area contributed by atoms with E-state index in [1.54, 1.807) is 43.3 Å². The van der Waals surface area contributed by atoms with Crippen LogP contribution < -0.4 is 9.64 Å². The molecule has 5 nitrogen and oxygen atoms in total. The smallest absolute Gasteiger partial charge is 0.278 e. The Labute approximate surface area is 186 Å². The summed E-state index contributed by atoms with van der Waals surface area (Å²) in [5.74, 6) is 0.0466. The van der Waals surface area contributed by atoms with E-state index in [0.29, 0.717) is 27.6 Å². The lowest BCUT2D eigenvalue weighted by Crippen LogP contribution is -2.33. The Balaban J connectivity index is 1.75. The number of hydrogen-bond donors (Lipinski definition) is 0. The molecule has 0 unspecified atom stereocenters. The van der Waals surface area contributed by atoms with Crippen molar-refractivity contribution in [2.75, 3.05) is 19.1 Å². The lowest BCUT2D eigenvalue weighted by Gasteiger charge is -2.21. The second-order valence-corrected chi connectivity index (χ2v) is 7.61. The van der Waals surface area contributed by atoms with Gasteiger partial charge in [0.1, 0.15) is 11.4 Å². The average molecular weight is 433 g/mol. The number of amides is 2. The molecule has 0 N–H and O–H groups in total. The molecule has 0 fully saturated rings. The van der Waals surface area contributed by atoms with Crippen molar-refractivity contribution in [1.82, 2.24) is 4.90 Å². The first kappa shape index (κ1) is 20.7. The van der Waals surface area contributed by atoms with Crippen LogP contribution in [0.2, 0.25) is 5.02 Å². The van der Waals surface area contributed by atoms with Crippen LogP contribution in [-0.2, 0) is 16.1 Å². The van der Waals surface area contributed by atoms with Crippen LogP contribution in [0, 0.1) is 0 Å². The fraction of sp³-hybridized carbons (Fsp3) is 0.120. The van der Waals surface area contributed by atoms with Crippen molar-refractivity contribution in [2.24, 2.45) is 0 Å². The Bertz CT molecular complexity index is 1140. The topological polar surface area (TPSA) is 49.9 Å². The van der Waals surface area contributed by atoms with Crippen molar-refractivity contribution >= 4 is 34.7 Å². The van der Waals surface area contributed by atoms with Gasteiger partial charge in [0, 0.05) is 17.8 Å². The number of rotatable bonds is 6. The summed E-state index contributed by atoms with van der Waals surface area (Å²) in [6, 6.07) is 23.8. The number of halogens is 1. The monoisotopic (exact) mass is 432 g/mol. The van der Waals surface area contributed by atoms with Gasteiger partial charge >= 0.3 is 0 Å². The number of ether oxygens (including phenoxy) is 1. The van der Waals surface area contributed by atoms with Crippen LogP contribution in [0.25, 0.3) is 5.57 Å². The first-order valence-corrected chi connectivity index (χ1v) is 10.2. The number of hydrogen-bond acceptors (Lipinski definition) is 4. The van der Waals surface area contributed by atoms with Gasteiger partial charge < -0.3 is 9.64 Å². The normalized spacial score (nSPS) is 13.7. The third kappa shape index (κ3) is 4.05. The van der Waals surface area contributed by atoms with Gasteiger partial charge in [-0.05, 0) is 47.5 Å². The summed E-state index contributed by atoms with van der Waals surface area (Å²) in [5.41, 5.74) is 3.00. The Morgan fingerprint density at radius 2 is 1.52 bits per heavy atom. The maximum absolute atomic E-state index is 13.5. The maximum Gasteiger partial charge on any atom is 0.278 e. The fourth-order valence-electron chi connectivity index (χ4n) is 3.59. The quantitative estimate of drug-likeness (QED) is 0.527. The number of imide groups is 1. The third-order valence-corrected chi connectivity index (χ3v) is 5.51. The Morgan fingerprint density at radius 3 is 2.13 bits per heavy atom. The summed E-state index contributed by atoms with van der Waals surface area (Å²) < 4.78 is 5.19. The van der Waals surface area contributed by atoms with Crippen molar-refractivity contribution < 1.29 is 14.3 Å². The summed E-state index contributed by atoms with van der Waals surface area (Å²) in [6.45, 7) is 0.172. The van der Waals surface area contributed by atoms with Crippen LogP contribution >= 0.6 is 11.6 Å². The van der Waals surface area contributed by atoms with Crippen LogP contribution in [-0.4, -0.2) is 30.9 Å². The van der Waals surface area contributed by atoms with E-state index in [-0.39, 0.29) is 18.4 Å². The highest BCUT2D eigenvalue weighted by atomic mass is 35.5. The molecule has 0 spiro atoms. The zero-order valence-corrected chi connectivity index (χ0v) is 18.0. The average Bonchev–Trinajstić information content (AvgIpc) is 3.05. The number of para-hydroxylation sites is 1. The molecule has 3 aromatic rings. The van der Waals surface area contributed by atoms with E-state index in [0.717, 1.165) is 11.3 Å². The van der Waals surface area contributed by atoms with E-state index in [9.17, 15) is 9.59 Å². The second-order valence-electron chi connectivity index (χ2n) is 7.17. The van der Waals surface area contributed by atoms with Gasteiger partial charge in [-0.2, -0.15) is 0 Å². The van der Waals surface area contributed by atoms with Crippen LogP contribution in [0.1, 0.15) is 11.1 Å². The molecule has 31 heavy (non-hydrogen) atoms. The molecule has 0 aliphatic carbocycles. The van der Waals surface area contributed by atoms with E-state index in [1.165, 1.54) is 4.90 Å². The van der Waals surface area contributed by atoms with E-state index in [2.05, 4.69) is 0 Å². The minimum atomic E-state index is -0.336. The van der Waals surface area contributed by atoms with Crippen LogP contribution in [0.5, 0.6) is 5.75 Å². The number of nitrogens with zero attached hydrogens (tertiary/aromatic N) is 2. The third-order valence-electron chi connectivity index (χ3n) is 5.26. The molecule has 0 saturated heterocycles. The minimum Gasteiger partial charge on any atom is -0.497 e. The molecule has 0 atom stereocenters. The number of anilines is 1. The molecule has 1 heterocycles. The SMILES string of the molecule is COc1ccc(CN2C(=O)C(c3ccc(Cl)cc3)=C(N(C)c3ccccc3)C2=O)cc1. The number of carbonyl (C=O) groups is 2. The number of benzene rings is 3. The molecule has 0 saturated carbocycles. The van der Waals surface area contributed by atoms with Crippen molar-refractivity contribution in [1.29, 1.82) is 0 Å². The molecule has 0 radical (unpaired) electrons. The molecule has 0 aromatic heterocycles. The zero-order valence-electron chi connectivity index (χ0n) is 17.2.